The van der Waals surface area contributed by atoms with Gasteiger partial charge in [0.25, 0.3) is 0 Å². The summed E-state index contributed by atoms with van der Waals surface area (Å²) in [5, 5.41) is 0. The van der Waals surface area contributed by atoms with Crippen LogP contribution >= 0.6 is 27.3 Å². The maximum Gasteiger partial charge on any atom is 0.351 e. The van der Waals surface area contributed by atoms with Crippen LogP contribution in [0, 0.1) is 0 Å². The number of carbonyl (C=O) groups is 1. The molecule has 1 saturated carbocycles. The summed E-state index contributed by atoms with van der Waals surface area (Å²) in [5.41, 5.74) is 1.63. The number of hydrogen-bond donors (Lipinski definition) is 0. The zero-order valence-corrected chi connectivity index (χ0v) is 9.23. The number of esters is 1. The Bertz CT molecular complexity index is 322. The highest BCUT2D eigenvalue weighted by Gasteiger charge is 2.24. The molecule has 1 aliphatic carbocycles. The molecule has 0 spiro atoms. The first-order valence-corrected chi connectivity index (χ1v) is 5.74. The number of carbonyl (C=O) groups excluding carboxylic acids is 1. The second-order valence-corrected chi connectivity index (χ2v) is 4.54. The molecule has 0 radical (unpaired) electrons. The highest BCUT2D eigenvalue weighted by atomic mass is 79.9. The van der Waals surface area contributed by atoms with E-state index in [1.54, 1.807) is 5.51 Å². The third kappa shape index (κ3) is 1.91. The summed E-state index contributed by atoms with van der Waals surface area (Å²) in [6.07, 6.45) is 3.31. The molecule has 0 atom stereocenters. The third-order valence-electron chi connectivity index (χ3n) is 2.04. The third-order valence-corrected chi connectivity index (χ3v) is 3.71. The van der Waals surface area contributed by atoms with Crippen molar-refractivity contribution < 1.29 is 9.53 Å². The molecule has 1 aromatic heterocycles. The molecular formula is C8H8BrNO2S. The average Bonchev–Trinajstić information content (AvgIpc) is 2.43. The normalized spacial score (nSPS) is 16.7. The standard InChI is InChI=1S/C8H8BrNO2S/c9-7-6(13-4-10-7)8(11)12-5-2-1-3-5/h4-5H,1-3H2. The van der Waals surface area contributed by atoms with Crippen molar-refractivity contribution in [1.82, 2.24) is 4.98 Å². The zero-order chi connectivity index (χ0) is 9.26. The van der Waals surface area contributed by atoms with Gasteiger partial charge in [-0.3, -0.25) is 0 Å². The van der Waals surface area contributed by atoms with E-state index in [1.165, 1.54) is 17.8 Å². The van der Waals surface area contributed by atoms with Crippen molar-refractivity contribution in [2.75, 3.05) is 0 Å². The summed E-state index contributed by atoms with van der Waals surface area (Å²) in [4.78, 5) is 15.9. The van der Waals surface area contributed by atoms with Gasteiger partial charge in [-0.2, -0.15) is 0 Å². The van der Waals surface area contributed by atoms with Gasteiger partial charge in [-0.1, -0.05) is 0 Å². The summed E-state index contributed by atoms with van der Waals surface area (Å²) in [7, 11) is 0. The van der Waals surface area contributed by atoms with E-state index in [0.29, 0.717) is 9.48 Å². The Morgan fingerprint density at radius 2 is 2.46 bits per heavy atom. The highest BCUT2D eigenvalue weighted by Crippen LogP contribution is 2.26. The van der Waals surface area contributed by atoms with Crippen LogP contribution in [0.4, 0.5) is 0 Å². The first-order chi connectivity index (χ1) is 6.27. The molecule has 1 heterocycles. The van der Waals surface area contributed by atoms with Crippen molar-refractivity contribution in [2.24, 2.45) is 0 Å². The summed E-state index contributed by atoms with van der Waals surface area (Å²) >= 11 is 4.50. The Labute approximate surface area is 88.3 Å². The van der Waals surface area contributed by atoms with E-state index < -0.39 is 0 Å². The fourth-order valence-electron chi connectivity index (χ4n) is 1.06. The van der Waals surface area contributed by atoms with Crippen LogP contribution in [-0.4, -0.2) is 17.1 Å². The van der Waals surface area contributed by atoms with Gasteiger partial charge in [0.15, 0.2) is 0 Å². The Morgan fingerprint density at radius 3 is 2.92 bits per heavy atom. The lowest BCUT2D eigenvalue weighted by atomic mass is 9.96. The second-order valence-electron chi connectivity index (χ2n) is 2.93. The second kappa shape index (κ2) is 3.75. The molecule has 1 aromatic rings. The van der Waals surface area contributed by atoms with Gasteiger partial charge in [0.1, 0.15) is 15.6 Å². The molecule has 0 aromatic carbocycles. The number of thiazole rings is 1. The van der Waals surface area contributed by atoms with Crippen molar-refractivity contribution in [3.05, 3.63) is 15.0 Å². The minimum absolute atomic E-state index is 0.140. The van der Waals surface area contributed by atoms with Crippen LogP contribution in [0.5, 0.6) is 0 Å². The molecule has 1 fully saturated rings. The predicted octanol–water partition coefficient (Wildman–Crippen LogP) is 2.61. The van der Waals surface area contributed by atoms with Crippen molar-refractivity contribution in [1.29, 1.82) is 0 Å². The smallest absolute Gasteiger partial charge is 0.351 e. The van der Waals surface area contributed by atoms with Crippen molar-refractivity contribution in [3.63, 3.8) is 0 Å². The van der Waals surface area contributed by atoms with E-state index >= 15 is 0 Å². The molecule has 0 N–H and O–H groups in total. The first kappa shape index (κ1) is 9.15. The van der Waals surface area contributed by atoms with E-state index in [2.05, 4.69) is 20.9 Å². The van der Waals surface area contributed by atoms with Gasteiger partial charge in [0.2, 0.25) is 0 Å². The molecule has 2 rings (SSSR count). The first-order valence-electron chi connectivity index (χ1n) is 4.07. The molecule has 3 nitrogen and oxygen atoms in total. The van der Waals surface area contributed by atoms with Gasteiger partial charge >= 0.3 is 5.97 Å². The number of halogens is 1. The molecule has 0 unspecified atom stereocenters. The van der Waals surface area contributed by atoms with Crippen LogP contribution in [0.25, 0.3) is 0 Å². The maximum absolute atomic E-state index is 11.4. The van der Waals surface area contributed by atoms with Crippen LogP contribution in [0.15, 0.2) is 10.1 Å². The molecule has 1 aliphatic rings. The topological polar surface area (TPSA) is 39.2 Å². The van der Waals surface area contributed by atoms with Crippen LogP contribution < -0.4 is 0 Å². The van der Waals surface area contributed by atoms with E-state index in [4.69, 9.17) is 4.74 Å². The maximum atomic E-state index is 11.4. The number of nitrogens with zero attached hydrogens (tertiary/aromatic N) is 1. The molecule has 0 amide bonds. The SMILES string of the molecule is O=C(OC1CCC1)c1scnc1Br. The Morgan fingerprint density at radius 1 is 1.69 bits per heavy atom. The number of hydrogen-bond acceptors (Lipinski definition) is 4. The fourth-order valence-corrected chi connectivity index (χ4v) is 2.30. The Hall–Kier alpha value is -0.420. The molecule has 13 heavy (non-hydrogen) atoms. The lowest BCUT2D eigenvalue weighted by molar-refractivity contribution is 0.00943. The van der Waals surface area contributed by atoms with Crippen LogP contribution in [-0.2, 0) is 4.74 Å². The Kier molecular flexibility index (Phi) is 2.64. The molecule has 5 heteroatoms. The summed E-state index contributed by atoms with van der Waals surface area (Å²) in [6, 6.07) is 0. The van der Waals surface area contributed by atoms with Gasteiger partial charge in [0.05, 0.1) is 5.51 Å². The largest absolute Gasteiger partial charge is 0.458 e. The highest BCUT2D eigenvalue weighted by molar-refractivity contribution is 9.10. The van der Waals surface area contributed by atoms with Crippen LogP contribution in [0.1, 0.15) is 28.9 Å². The molecular weight excluding hydrogens is 254 g/mol. The molecule has 0 saturated heterocycles. The van der Waals surface area contributed by atoms with Crippen LogP contribution in [0.3, 0.4) is 0 Å². The van der Waals surface area contributed by atoms with Crippen molar-refractivity contribution in [3.8, 4) is 0 Å². The van der Waals surface area contributed by atoms with E-state index in [1.807, 2.05) is 0 Å². The lowest BCUT2D eigenvalue weighted by Crippen LogP contribution is -2.24. The molecule has 0 bridgehead atoms. The quantitative estimate of drug-likeness (QED) is 0.769. The summed E-state index contributed by atoms with van der Waals surface area (Å²) < 4.78 is 5.80. The zero-order valence-electron chi connectivity index (χ0n) is 6.83. The Balaban J connectivity index is 2.00. The average molecular weight is 262 g/mol. The molecule has 70 valence electrons. The monoisotopic (exact) mass is 261 g/mol. The van der Waals surface area contributed by atoms with E-state index in [9.17, 15) is 4.79 Å². The van der Waals surface area contributed by atoms with Crippen molar-refractivity contribution in [2.45, 2.75) is 25.4 Å². The van der Waals surface area contributed by atoms with Gasteiger partial charge in [0, 0.05) is 0 Å². The van der Waals surface area contributed by atoms with Crippen LogP contribution in [0.2, 0.25) is 0 Å². The lowest BCUT2D eigenvalue weighted by Gasteiger charge is -2.24. The van der Waals surface area contributed by atoms with Gasteiger partial charge < -0.3 is 4.74 Å². The van der Waals surface area contributed by atoms with Gasteiger partial charge in [-0.05, 0) is 35.2 Å². The van der Waals surface area contributed by atoms with E-state index in [-0.39, 0.29) is 12.1 Å². The minimum Gasteiger partial charge on any atom is -0.458 e. The molecule has 0 aliphatic heterocycles. The van der Waals surface area contributed by atoms with Gasteiger partial charge in [-0.25, -0.2) is 9.78 Å². The number of rotatable bonds is 2. The predicted molar refractivity (Wildman–Crippen MR) is 52.9 cm³/mol. The number of ether oxygens (including phenoxy) is 1. The number of aromatic nitrogens is 1. The van der Waals surface area contributed by atoms with E-state index in [0.717, 1.165) is 12.8 Å². The van der Waals surface area contributed by atoms with Gasteiger partial charge in [-0.15, -0.1) is 11.3 Å². The van der Waals surface area contributed by atoms with Crippen molar-refractivity contribution >= 4 is 33.2 Å². The summed E-state index contributed by atoms with van der Waals surface area (Å²) in [5.74, 6) is -0.251. The fraction of sp³-hybridized carbons (Fsp3) is 0.500. The minimum atomic E-state index is -0.251. The summed E-state index contributed by atoms with van der Waals surface area (Å²) in [6.45, 7) is 0.